The van der Waals surface area contributed by atoms with Crippen molar-refractivity contribution >= 4 is 39.2 Å². The van der Waals surface area contributed by atoms with Gasteiger partial charge in [-0.05, 0) is 50.2 Å². The number of benzene rings is 1. The molecule has 0 aliphatic carbocycles. The van der Waals surface area contributed by atoms with E-state index in [0.717, 1.165) is 6.26 Å². The number of carbonyl (C=O) groups excluding carboxylic acids is 1. The van der Waals surface area contributed by atoms with Gasteiger partial charge < -0.3 is 11.1 Å². The molecule has 1 aromatic carbocycles. The largest absolute Gasteiger partial charge is 0.383 e. The van der Waals surface area contributed by atoms with E-state index in [4.69, 9.17) is 17.3 Å². The van der Waals surface area contributed by atoms with Crippen LogP contribution < -0.4 is 15.4 Å². The van der Waals surface area contributed by atoms with E-state index in [-0.39, 0.29) is 29.2 Å². The van der Waals surface area contributed by atoms with E-state index in [9.17, 15) is 13.2 Å². The zero-order valence-corrected chi connectivity index (χ0v) is 16.3. The molecule has 144 valence electrons. The lowest BCUT2D eigenvalue weighted by Gasteiger charge is -2.32. The highest BCUT2D eigenvalue weighted by molar-refractivity contribution is 7.92. The van der Waals surface area contributed by atoms with Crippen molar-refractivity contribution in [3.05, 3.63) is 46.6 Å². The molecule has 0 radical (unpaired) electrons. The molecule has 1 fully saturated rings. The van der Waals surface area contributed by atoms with Crippen LogP contribution in [0.5, 0.6) is 0 Å². The molecule has 1 aliphatic rings. The molecule has 10 heteroatoms. The molecule has 0 unspecified atom stereocenters. The zero-order chi connectivity index (χ0) is 19.6. The first kappa shape index (κ1) is 19.5. The quantitative estimate of drug-likeness (QED) is 0.717. The summed E-state index contributed by atoms with van der Waals surface area (Å²) in [5, 5.41) is 3.70. The Balaban J connectivity index is 1.94. The number of sulfonamides is 1. The van der Waals surface area contributed by atoms with Crippen LogP contribution in [0.25, 0.3) is 0 Å². The number of halogens is 1. The summed E-state index contributed by atoms with van der Waals surface area (Å²) in [4.78, 5) is 20.9. The molecule has 1 aliphatic heterocycles. The highest BCUT2D eigenvalue weighted by Crippen LogP contribution is 2.24. The van der Waals surface area contributed by atoms with Gasteiger partial charge >= 0.3 is 0 Å². The normalized spacial score (nSPS) is 15.5. The van der Waals surface area contributed by atoms with Gasteiger partial charge in [-0.3, -0.25) is 4.79 Å². The molecule has 2 heterocycles. The Morgan fingerprint density at radius 1 is 1.26 bits per heavy atom. The van der Waals surface area contributed by atoms with Gasteiger partial charge in [-0.1, -0.05) is 11.6 Å². The van der Waals surface area contributed by atoms with Gasteiger partial charge in [-0.2, -0.15) is 4.98 Å². The van der Waals surface area contributed by atoms with Crippen LogP contribution in [0.2, 0.25) is 5.02 Å². The maximum atomic E-state index is 12.6. The molecule has 0 spiro atoms. The number of anilines is 2. The van der Waals surface area contributed by atoms with Crippen molar-refractivity contribution in [2.45, 2.75) is 18.9 Å². The van der Waals surface area contributed by atoms with Crippen LogP contribution >= 0.6 is 11.6 Å². The van der Waals surface area contributed by atoms with Gasteiger partial charge in [0, 0.05) is 16.8 Å². The van der Waals surface area contributed by atoms with Gasteiger partial charge in [0.2, 0.25) is 16.0 Å². The minimum Gasteiger partial charge on any atom is -0.383 e. The number of piperidine rings is 1. The molecule has 0 amide bonds. The number of nitrogens with two attached hydrogens (primary N) is 1. The summed E-state index contributed by atoms with van der Waals surface area (Å²) in [5.74, 6) is -0.444. The van der Waals surface area contributed by atoms with Gasteiger partial charge in [-0.25, -0.2) is 17.7 Å². The van der Waals surface area contributed by atoms with E-state index >= 15 is 0 Å². The number of aromatic nitrogens is 2. The Morgan fingerprint density at radius 3 is 2.44 bits per heavy atom. The monoisotopic (exact) mass is 409 g/mol. The van der Waals surface area contributed by atoms with Crippen molar-refractivity contribution in [2.24, 2.45) is 0 Å². The molecular weight excluding hydrogens is 390 g/mol. The van der Waals surface area contributed by atoms with Gasteiger partial charge in [0.1, 0.15) is 5.82 Å². The predicted molar refractivity (Wildman–Crippen MR) is 105 cm³/mol. The topological polar surface area (TPSA) is 118 Å². The average Bonchev–Trinajstić information content (AvgIpc) is 2.62. The minimum absolute atomic E-state index is 0.0189. The number of hydrogen-bond acceptors (Lipinski definition) is 7. The molecule has 8 nitrogen and oxygen atoms in total. The third-order valence-electron chi connectivity index (χ3n) is 4.35. The number of carbonyl (C=O) groups is 1. The second-order valence-corrected chi connectivity index (χ2v) is 8.64. The van der Waals surface area contributed by atoms with Crippen LogP contribution in [0.4, 0.5) is 11.8 Å². The fourth-order valence-electron chi connectivity index (χ4n) is 3.05. The molecule has 1 aromatic heterocycles. The standard InChI is InChI=1S/C17H20ClN5O3S/c1-27(25,26)23(13-6-8-20-9-7-13)17-21-10-14(16(19)22-17)15(24)11-2-4-12(18)5-3-11/h2-5,10,13,20H,6-9H2,1H3,(H2,19,21,22). The number of rotatable bonds is 5. The number of nitrogens with one attached hydrogen (secondary N) is 1. The maximum absolute atomic E-state index is 12.6. The summed E-state index contributed by atoms with van der Waals surface area (Å²) in [6, 6.07) is 6.11. The Hall–Kier alpha value is -2.23. The molecule has 3 rings (SSSR count). The fraction of sp³-hybridized carbons (Fsp3) is 0.353. The van der Waals surface area contributed by atoms with Crippen molar-refractivity contribution in [3.8, 4) is 0 Å². The Kier molecular flexibility index (Phi) is 5.64. The van der Waals surface area contributed by atoms with Crippen molar-refractivity contribution in [1.82, 2.24) is 15.3 Å². The van der Waals surface area contributed by atoms with E-state index in [0.29, 0.717) is 36.5 Å². The average molecular weight is 410 g/mol. The number of nitrogen functional groups attached to an aromatic ring is 1. The molecule has 0 saturated carbocycles. The lowest BCUT2D eigenvalue weighted by Crippen LogP contribution is -2.46. The lowest BCUT2D eigenvalue weighted by atomic mass is 10.1. The first-order chi connectivity index (χ1) is 12.8. The van der Waals surface area contributed by atoms with Gasteiger partial charge in [0.05, 0.1) is 17.9 Å². The van der Waals surface area contributed by atoms with E-state index in [1.165, 1.54) is 10.5 Å². The molecule has 1 saturated heterocycles. The molecule has 2 aromatic rings. The van der Waals surface area contributed by atoms with Crippen LogP contribution in [0.3, 0.4) is 0 Å². The molecule has 3 N–H and O–H groups in total. The van der Waals surface area contributed by atoms with Crippen LogP contribution in [-0.4, -0.2) is 49.6 Å². The van der Waals surface area contributed by atoms with Crippen LogP contribution in [0.15, 0.2) is 30.5 Å². The summed E-state index contributed by atoms with van der Waals surface area (Å²) in [6.45, 7) is 1.42. The van der Waals surface area contributed by atoms with Crippen molar-refractivity contribution in [1.29, 1.82) is 0 Å². The number of nitrogens with zero attached hydrogens (tertiary/aromatic N) is 3. The predicted octanol–water partition coefficient (Wildman–Crippen LogP) is 1.46. The number of hydrogen-bond donors (Lipinski definition) is 2. The van der Waals surface area contributed by atoms with Gasteiger partial charge in [-0.15, -0.1) is 0 Å². The SMILES string of the molecule is CS(=O)(=O)N(c1ncc(C(=O)c2ccc(Cl)cc2)c(N)n1)C1CCNCC1. The zero-order valence-electron chi connectivity index (χ0n) is 14.7. The molecule has 27 heavy (non-hydrogen) atoms. The summed E-state index contributed by atoms with van der Waals surface area (Å²) >= 11 is 5.84. The second-order valence-electron chi connectivity index (χ2n) is 6.34. The first-order valence-electron chi connectivity index (χ1n) is 8.40. The van der Waals surface area contributed by atoms with E-state index in [2.05, 4.69) is 15.3 Å². The van der Waals surface area contributed by atoms with Crippen LogP contribution in [0, 0.1) is 0 Å². The minimum atomic E-state index is -3.60. The van der Waals surface area contributed by atoms with Crippen molar-refractivity contribution in [3.63, 3.8) is 0 Å². The molecular formula is C17H20ClN5O3S. The highest BCUT2D eigenvalue weighted by Gasteiger charge is 2.31. The molecule has 0 atom stereocenters. The summed E-state index contributed by atoms with van der Waals surface area (Å²) in [7, 11) is -3.60. The van der Waals surface area contributed by atoms with Gasteiger partial charge in [0.25, 0.3) is 0 Å². The van der Waals surface area contributed by atoms with E-state index < -0.39 is 10.0 Å². The summed E-state index contributed by atoms with van der Waals surface area (Å²) in [6.07, 6.45) is 3.67. The Bertz CT molecular complexity index is 944. The Morgan fingerprint density at radius 2 is 1.89 bits per heavy atom. The summed E-state index contributed by atoms with van der Waals surface area (Å²) < 4.78 is 25.8. The lowest BCUT2D eigenvalue weighted by molar-refractivity contribution is 0.103. The van der Waals surface area contributed by atoms with Crippen LogP contribution in [-0.2, 0) is 10.0 Å². The van der Waals surface area contributed by atoms with Crippen molar-refractivity contribution < 1.29 is 13.2 Å². The molecule has 0 bridgehead atoms. The van der Waals surface area contributed by atoms with E-state index in [1.54, 1.807) is 24.3 Å². The third-order valence-corrected chi connectivity index (χ3v) is 5.78. The fourth-order valence-corrected chi connectivity index (χ4v) is 4.31. The second kappa shape index (κ2) is 7.79. The van der Waals surface area contributed by atoms with Gasteiger partial charge in [0.15, 0.2) is 5.78 Å². The van der Waals surface area contributed by atoms with E-state index in [1.807, 2.05) is 0 Å². The van der Waals surface area contributed by atoms with Crippen molar-refractivity contribution in [2.75, 3.05) is 29.4 Å². The van der Waals surface area contributed by atoms with Crippen LogP contribution in [0.1, 0.15) is 28.8 Å². The maximum Gasteiger partial charge on any atom is 0.241 e. The third kappa shape index (κ3) is 4.37. The summed E-state index contributed by atoms with van der Waals surface area (Å²) in [5.41, 5.74) is 6.47. The Labute approximate surface area is 162 Å². The highest BCUT2D eigenvalue weighted by atomic mass is 35.5. The first-order valence-corrected chi connectivity index (χ1v) is 10.6. The smallest absolute Gasteiger partial charge is 0.241 e. The number of ketones is 1.